The van der Waals surface area contributed by atoms with Crippen LogP contribution < -0.4 is 9.62 Å². The number of carbonyl (C=O) groups excluding carboxylic acids is 2. The minimum Gasteiger partial charge on any atom is -0.354 e. The lowest BCUT2D eigenvalue weighted by Gasteiger charge is -2.31. The van der Waals surface area contributed by atoms with Gasteiger partial charge in [0.2, 0.25) is 21.8 Å². The van der Waals surface area contributed by atoms with Crippen molar-refractivity contribution in [2.24, 2.45) is 0 Å². The molecule has 1 N–H and O–H groups in total. The van der Waals surface area contributed by atoms with Gasteiger partial charge in [0.25, 0.3) is 0 Å². The zero-order chi connectivity index (χ0) is 27.4. The Morgan fingerprint density at radius 2 is 1.65 bits per heavy atom. The Morgan fingerprint density at radius 1 is 0.946 bits per heavy atom. The summed E-state index contributed by atoms with van der Waals surface area (Å²) >= 11 is 0. The number of aryl methyl sites for hydroxylation is 2. The third kappa shape index (κ3) is 9.50. The summed E-state index contributed by atoms with van der Waals surface area (Å²) in [6.45, 7) is 9.12. The van der Waals surface area contributed by atoms with E-state index in [0.29, 0.717) is 38.0 Å². The monoisotopic (exact) mass is 529 g/mol. The minimum absolute atomic E-state index is 0.134. The van der Waals surface area contributed by atoms with Crippen LogP contribution in [0.2, 0.25) is 0 Å². The molecule has 0 aliphatic carbocycles. The van der Waals surface area contributed by atoms with Crippen LogP contribution in [0.4, 0.5) is 5.69 Å². The standard InChI is InChI=1S/C29H43N3O4S/c1-6-8-19-30-29(34)27(7-2)31(21-18-25-13-10-9-11-14-25)28(33)15-12-20-32(37(5,35)36)26-17-16-23(3)24(4)22-26/h9-11,13-14,16-17,22,27H,6-8,12,15,18-21H2,1-5H3,(H,30,34)/t27-/m1/s1. The lowest BCUT2D eigenvalue weighted by Crippen LogP contribution is -2.50. The normalized spacial score (nSPS) is 12.1. The number of nitrogens with zero attached hydrogens (tertiary/aromatic N) is 2. The van der Waals surface area contributed by atoms with Crippen LogP contribution in [0.25, 0.3) is 0 Å². The second-order valence-corrected chi connectivity index (χ2v) is 11.5. The van der Waals surface area contributed by atoms with Crippen LogP contribution in [-0.2, 0) is 26.0 Å². The molecule has 0 fully saturated rings. The highest BCUT2D eigenvalue weighted by Crippen LogP contribution is 2.22. The van der Waals surface area contributed by atoms with E-state index in [0.717, 1.165) is 29.5 Å². The molecule has 0 heterocycles. The van der Waals surface area contributed by atoms with Gasteiger partial charge in [-0.25, -0.2) is 8.42 Å². The highest BCUT2D eigenvalue weighted by Gasteiger charge is 2.28. The predicted molar refractivity (Wildman–Crippen MR) is 151 cm³/mol. The Kier molecular flexibility index (Phi) is 12.1. The zero-order valence-electron chi connectivity index (χ0n) is 23.0. The minimum atomic E-state index is -3.51. The maximum Gasteiger partial charge on any atom is 0.242 e. The molecule has 37 heavy (non-hydrogen) atoms. The molecule has 0 aliphatic heterocycles. The van der Waals surface area contributed by atoms with E-state index in [4.69, 9.17) is 0 Å². The van der Waals surface area contributed by atoms with E-state index in [-0.39, 0.29) is 24.8 Å². The van der Waals surface area contributed by atoms with Crippen molar-refractivity contribution in [3.8, 4) is 0 Å². The molecule has 0 saturated heterocycles. The maximum atomic E-state index is 13.4. The topological polar surface area (TPSA) is 86.8 Å². The Balaban J connectivity index is 2.15. The van der Waals surface area contributed by atoms with Crippen LogP contribution in [0.5, 0.6) is 0 Å². The third-order valence-corrected chi connectivity index (χ3v) is 7.82. The number of unbranched alkanes of at least 4 members (excludes halogenated alkanes) is 1. The fraction of sp³-hybridized carbons (Fsp3) is 0.517. The van der Waals surface area contributed by atoms with E-state index < -0.39 is 16.1 Å². The molecule has 0 unspecified atom stereocenters. The molecule has 1 atom stereocenters. The van der Waals surface area contributed by atoms with E-state index in [2.05, 4.69) is 12.2 Å². The molecule has 0 bridgehead atoms. The van der Waals surface area contributed by atoms with Gasteiger partial charge in [-0.1, -0.05) is 56.7 Å². The van der Waals surface area contributed by atoms with Gasteiger partial charge in [0.05, 0.1) is 11.9 Å². The number of sulfonamides is 1. The third-order valence-electron chi connectivity index (χ3n) is 6.63. The SMILES string of the molecule is CCCCNC(=O)[C@@H](CC)N(CCc1ccccc1)C(=O)CCCN(c1ccc(C)c(C)c1)S(C)(=O)=O. The summed E-state index contributed by atoms with van der Waals surface area (Å²) in [5.74, 6) is -0.271. The van der Waals surface area contributed by atoms with Crippen LogP contribution in [0.1, 0.15) is 62.6 Å². The molecule has 0 spiro atoms. The highest BCUT2D eigenvalue weighted by atomic mass is 32.2. The summed E-state index contributed by atoms with van der Waals surface area (Å²) in [5, 5.41) is 2.97. The first-order chi connectivity index (χ1) is 17.6. The Hall–Kier alpha value is -2.87. The molecule has 0 saturated carbocycles. The summed E-state index contributed by atoms with van der Waals surface area (Å²) in [6, 6.07) is 14.9. The number of rotatable bonds is 15. The Bertz CT molecular complexity index is 1120. The Labute approximate surface area is 223 Å². The average Bonchev–Trinajstić information content (AvgIpc) is 2.86. The number of nitrogens with one attached hydrogen (secondary N) is 1. The summed E-state index contributed by atoms with van der Waals surface area (Å²) < 4.78 is 26.4. The quantitative estimate of drug-likeness (QED) is 0.341. The van der Waals surface area contributed by atoms with Gasteiger partial charge in [-0.15, -0.1) is 0 Å². The number of hydrogen-bond donors (Lipinski definition) is 1. The van der Waals surface area contributed by atoms with Gasteiger partial charge in [0.15, 0.2) is 0 Å². The molecule has 8 heteroatoms. The van der Waals surface area contributed by atoms with Crippen LogP contribution >= 0.6 is 0 Å². The van der Waals surface area contributed by atoms with Crippen LogP contribution in [-0.4, -0.2) is 57.1 Å². The maximum absolute atomic E-state index is 13.4. The molecular weight excluding hydrogens is 486 g/mol. The van der Waals surface area contributed by atoms with Gasteiger partial charge >= 0.3 is 0 Å². The van der Waals surface area contributed by atoms with Crippen molar-refractivity contribution in [3.05, 3.63) is 65.2 Å². The zero-order valence-corrected chi connectivity index (χ0v) is 23.8. The second kappa shape index (κ2) is 14.8. The molecule has 2 amide bonds. The predicted octanol–water partition coefficient (Wildman–Crippen LogP) is 4.62. The number of benzene rings is 2. The van der Waals surface area contributed by atoms with Crippen molar-refractivity contribution in [2.75, 3.05) is 30.2 Å². The van der Waals surface area contributed by atoms with Gasteiger partial charge in [0.1, 0.15) is 6.04 Å². The van der Waals surface area contributed by atoms with E-state index in [1.54, 1.807) is 11.0 Å². The van der Waals surface area contributed by atoms with Gasteiger partial charge in [-0.3, -0.25) is 13.9 Å². The van der Waals surface area contributed by atoms with E-state index >= 15 is 0 Å². The van der Waals surface area contributed by atoms with Gasteiger partial charge in [0, 0.05) is 26.1 Å². The van der Waals surface area contributed by atoms with Crippen molar-refractivity contribution in [3.63, 3.8) is 0 Å². The highest BCUT2D eigenvalue weighted by molar-refractivity contribution is 7.92. The van der Waals surface area contributed by atoms with Crippen LogP contribution in [0.3, 0.4) is 0 Å². The fourth-order valence-corrected chi connectivity index (χ4v) is 5.24. The molecule has 7 nitrogen and oxygen atoms in total. The van der Waals surface area contributed by atoms with E-state index in [1.807, 2.05) is 63.2 Å². The number of anilines is 1. The summed E-state index contributed by atoms with van der Waals surface area (Å²) in [4.78, 5) is 28.1. The van der Waals surface area contributed by atoms with Crippen LogP contribution in [0.15, 0.2) is 48.5 Å². The van der Waals surface area contributed by atoms with E-state index in [9.17, 15) is 18.0 Å². The van der Waals surface area contributed by atoms with Crippen molar-refractivity contribution in [1.29, 1.82) is 0 Å². The lowest BCUT2D eigenvalue weighted by atomic mass is 10.1. The van der Waals surface area contributed by atoms with Gasteiger partial charge in [-0.2, -0.15) is 0 Å². The van der Waals surface area contributed by atoms with Gasteiger partial charge in [-0.05, 0) is 68.4 Å². The first-order valence-electron chi connectivity index (χ1n) is 13.2. The molecule has 204 valence electrons. The number of hydrogen-bond acceptors (Lipinski definition) is 4. The van der Waals surface area contributed by atoms with Gasteiger partial charge < -0.3 is 10.2 Å². The number of carbonyl (C=O) groups is 2. The first-order valence-corrected chi connectivity index (χ1v) is 15.1. The first kappa shape index (κ1) is 30.4. The summed E-state index contributed by atoms with van der Waals surface area (Å²) in [5.41, 5.74) is 3.79. The molecule has 2 aromatic carbocycles. The largest absolute Gasteiger partial charge is 0.354 e. The second-order valence-electron chi connectivity index (χ2n) is 9.60. The molecule has 0 aromatic heterocycles. The van der Waals surface area contributed by atoms with Crippen molar-refractivity contribution in [1.82, 2.24) is 10.2 Å². The van der Waals surface area contributed by atoms with Crippen molar-refractivity contribution < 1.29 is 18.0 Å². The molecule has 0 radical (unpaired) electrons. The summed E-state index contributed by atoms with van der Waals surface area (Å²) in [7, 11) is -3.51. The average molecular weight is 530 g/mol. The lowest BCUT2D eigenvalue weighted by molar-refractivity contribution is -0.140. The smallest absolute Gasteiger partial charge is 0.242 e. The van der Waals surface area contributed by atoms with Crippen molar-refractivity contribution in [2.45, 2.75) is 72.3 Å². The molecule has 2 rings (SSSR count). The molecule has 0 aliphatic rings. The number of amides is 2. The van der Waals surface area contributed by atoms with Crippen LogP contribution in [0, 0.1) is 13.8 Å². The summed E-state index contributed by atoms with van der Waals surface area (Å²) in [6.07, 6.45) is 4.72. The van der Waals surface area contributed by atoms with Crippen molar-refractivity contribution >= 4 is 27.5 Å². The fourth-order valence-electron chi connectivity index (χ4n) is 4.29. The Morgan fingerprint density at radius 3 is 2.24 bits per heavy atom. The molecular formula is C29H43N3O4S. The molecule has 2 aromatic rings. The van der Waals surface area contributed by atoms with E-state index in [1.165, 1.54) is 10.6 Å².